The van der Waals surface area contributed by atoms with Gasteiger partial charge in [0.2, 0.25) is 5.16 Å². The number of rotatable bonds is 3. The minimum atomic E-state index is -0.0540. The van der Waals surface area contributed by atoms with Crippen LogP contribution in [0.3, 0.4) is 0 Å². The molecule has 1 aromatic carbocycles. The number of carbonyl (C=O) groups is 1. The fraction of sp³-hybridized carbons (Fsp3) is 0.333. The number of halogens is 1. The number of fused-ring (bicyclic) bond motifs is 2. The second-order valence-electron chi connectivity index (χ2n) is 7.10. The van der Waals surface area contributed by atoms with Crippen LogP contribution in [0.25, 0.3) is 5.78 Å². The fourth-order valence-electron chi connectivity index (χ4n) is 3.04. The lowest BCUT2D eigenvalue weighted by Gasteiger charge is -2.28. The summed E-state index contributed by atoms with van der Waals surface area (Å²) in [5, 5.41) is 5.83. The molecule has 7 heteroatoms. The molecule has 0 radical (unpaired) electrons. The molecule has 25 heavy (non-hydrogen) atoms. The number of aromatic nitrogens is 4. The first-order valence-electron chi connectivity index (χ1n) is 8.06. The van der Waals surface area contributed by atoms with E-state index in [2.05, 4.69) is 28.9 Å². The van der Waals surface area contributed by atoms with E-state index in [0.29, 0.717) is 22.9 Å². The third-order valence-electron chi connectivity index (χ3n) is 4.26. The predicted molar refractivity (Wildman–Crippen MR) is 98.2 cm³/mol. The van der Waals surface area contributed by atoms with Crippen molar-refractivity contribution in [2.45, 2.75) is 37.6 Å². The van der Waals surface area contributed by atoms with Crippen LogP contribution in [0.1, 0.15) is 41.9 Å². The van der Waals surface area contributed by atoms with Crippen LogP contribution >= 0.6 is 23.4 Å². The Balaban J connectivity index is 1.60. The van der Waals surface area contributed by atoms with Gasteiger partial charge < -0.3 is 0 Å². The second-order valence-corrected chi connectivity index (χ2v) is 8.48. The van der Waals surface area contributed by atoms with Crippen LogP contribution in [0.4, 0.5) is 0 Å². The van der Waals surface area contributed by atoms with Crippen LogP contribution in [-0.2, 0) is 12.2 Å². The highest BCUT2D eigenvalue weighted by Gasteiger charge is 2.32. The van der Waals surface area contributed by atoms with Gasteiger partial charge in [0.15, 0.2) is 5.78 Å². The normalized spacial score (nSPS) is 16.2. The van der Waals surface area contributed by atoms with E-state index < -0.39 is 0 Å². The first kappa shape index (κ1) is 16.5. The quantitative estimate of drug-likeness (QED) is 0.644. The Kier molecular flexibility index (Phi) is 4.04. The molecule has 5 nitrogen and oxygen atoms in total. The summed E-state index contributed by atoms with van der Waals surface area (Å²) in [4.78, 5) is 21.5. The first-order chi connectivity index (χ1) is 11.9. The molecule has 0 atom stereocenters. The SMILES string of the molecule is CC1(C)CC(=O)c2cn3nc(SCc4ccc(Cl)cc4)nc3nc2C1. The van der Waals surface area contributed by atoms with Gasteiger partial charge in [-0.3, -0.25) is 4.79 Å². The van der Waals surface area contributed by atoms with Crippen LogP contribution in [-0.4, -0.2) is 25.4 Å². The Labute approximate surface area is 154 Å². The van der Waals surface area contributed by atoms with Crippen molar-refractivity contribution >= 4 is 34.9 Å². The van der Waals surface area contributed by atoms with Crippen molar-refractivity contribution in [2.75, 3.05) is 0 Å². The molecule has 3 aromatic rings. The van der Waals surface area contributed by atoms with E-state index in [1.54, 1.807) is 10.7 Å². The predicted octanol–water partition coefficient (Wildman–Crippen LogP) is 4.23. The molecule has 2 aromatic heterocycles. The fourth-order valence-corrected chi connectivity index (χ4v) is 3.95. The minimum absolute atomic E-state index is 0.0540. The van der Waals surface area contributed by atoms with Crippen molar-refractivity contribution in [1.82, 2.24) is 19.6 Å². The van der Waals surface area contributed by atoms with Gasteiger partial charge in [0.1, 0.15) is 0 Å². The van der Waals surface area contributed by atoms with Crippen LogP contribution in [0.2, 0.25) is 5.02 Å². The summed E-state index contributed by atoms with van der Waals surface area (Å²) in [7, 11) is 0. The molecule has 0 amide bonds. The molecule has 4 rings (SSSR count). The second kappa shape index (κ2) is 6.11. The average Bonchev–Trinajstić information content (AvgIpc) is 2.93. The number of thioether (sulfide) groups is 1. The van der Waals surface area contributed by atoms with E-state index in [9.17, 15) is 4.79 Å². The molecule has 0 N–H and O–H groups in total. The summed E-state index contributed by atoms with van der Waals surface area (Å²) in [6.45, 7) is 4.19. The number of hydrogen-bond acceptors (Lipinski definition) is 5. The molecule has 128 valence electrons. The maximum Gasteiger partial charge on any atom is 0.253 e. The molecular weight excluding hydrogens is 356 g/mol. The molecule has 0 aliphatic heterocycles. The standard InChI is InChI=1S/C18H17ClN4OS/c1-18(2)7-14-13(15(24)8-18)9-23-16(20-14)21-17(22-23)25-10-11-3-5-12(19)6-4-11/h3-6,9H,7-8,10H2,1-2H3. The van der Waals surface area contributed by atoms with Gasteiger partial charge in [0, 0.05) is 23.4 Å². The molecule has 0 bridgehead atoms. The van der Waals surface area contributed by atoms with Crippen molar-refractivity contribution in [1.29, 1.82) is 0 Å². The molecular formula is C18H17ClN4OS. The topological polar surface area (TPSA) is 60.2 Å². The van der Waals surface area contributed by atoms with E-state index >= 15 is 0 Å². The Morgan fingerprint density at radius 3 is 2.72 bits per heavy atom. The number of carbonyl (C=O) groups excluding carboxylic acids is 1. The Bertz CT molecular complexity index is 965. The lowest BCUT2D eigenvalue weighted by atomic mass is 9.76. The average molecular weight is 373 g/mol. The zero-order valence-corrected chi connectivity index (χ0v) is 15.6. The van der Waals surface area contributed by atoms with Crippen molar-refractivity contribution in [2.24, 2.45) is 5.41 Å². The maximum atomic E-state index is 12.4. The Hall–Kier alpha value is -1.92. The van der Waals surface area contributed by atoms with Crippen molar-refractivity contribution in [3.63, 3.8) is 0 Å². The van der Waals surface area contributed by atoms with Gasteiger partial charge in [-0.15, -0.1) is 5.10 Å². The summed E-state index contributed by atoms with van der Waals surface area (Å²) >= 11 is 7.44. The van der Waals surface area contributed by atoms with Gasteiger partial charge in [-0.05, 0) is 29.5 Å². The van der Waals surface area contributed by atoms with Crippen LogP contribution in [0, 0.1) is 5.41 Å². The number of ketones is 1. The molecule has 2 heterocycles. The highest BCUT2D eigenvalue weighted by atomic mass is 35.5. The number of nitrogens with zero attached hydrogens (tertiary/aromatic N) is 4. The first-order valence-corrected chi connectivity index (χ1v) is 9.43. The van der Waals surface area contributed by atoms with Crippen LogP contribution in [0.15, 0.2) is 35.6 Å². The van der Waals surface area contributed by atoms with Gasteiger partial charge >= 0.3 is 0 Å². The highest BCUT2D eigenvalue weighted by Crippen LogP contribution is 2.34. The highest BCUT2D eigenvalue weighted by molar-refractivity contribution is 7.98. The van der Waals surface area contributed by atoms with Crippen LogP contribution in [0.5, 0.6) is 0 Å². The lowest BCUT2D eigenvalue weighted by Crippen LogP contribution is -2.28. The summed E-state index contributed by atoms with van der Waals surface area (Å²) in [5.74, 6) is 1.43. The molecule has 0 saturated heterocycles. The maximum absolute atomic E-state index is 12.4. The van der Waals surface area contributed by atoms with E-state index in [-0.39, 0.29) is 11.2 Å². The van der Waals surface area contributed by atoms with Gasteiger partial charge in [-0.2, -0.15) is 4.98 Å². The molecule has 0 spiro atoms. The van der Waals surface area contributed by atoms with Gasteiger partial charge in [0.05, 0.1) is 11.3 Å². The Morgan fingerprint density at radius 2 is 1.96 bits per heavy atom. The van der Waals surface area contributed by atoms with Gasteiger partial charge in [-0.25, -0.2) is 9.50 Å². The molecule has 1 aliphatic carbocycles. The number of Topliss-reactive ketones (excluding diaryl/α,β-unsaturated/α-hetero) is 1. The van der Waals surface area contributed by atoms with E-state index in [1.165, 1.54) is 11.8 Å². The summed E-state index contributed by atoms with van der Waals surface area (Å²) in [6, 6.07) is 7.72. The van der Waals surface area contributed by atoms with Crippen LogP contribution < -0.4 is 0 Å². The Morgan fingerprint density at radius 1 is 1.20 bits per heavy atom. The number of benzene rings is 1. The third kappa shape index (κ3) is 3.41. The molecule has 1 aliphatic rings. The molecule has 0 unspecified atom stereocenters. The summed E-state index contributed by atoms with van der Waals surface area (Å²) in [5.41, 5.74) is 2.60. The smallest absolute Gasteiger partial charge is 0.253 e. The zero-order chi connectivity index (χ0) is 17.6. The zero-order valence-electron chi connectivity index (χ0n) is 14.0. The van der Waals surface area contributed by atoms with E-state index in [1.807, 2.05) is 24.3 Å². The summed E-state index contributed by atoms with van der Waals surface area (Å²) < 4.78 is 1.61. The van der Waals surface area contributed by atoms with Gasteiger partial charge in [0.25, 0.3) is 5.78 Å². The number of hydrogen-bond donors (Lipinski definition) is 0. The van der Waals surface area contributed by atoms with Gasteiger partial charge in [-0.1, -0.05) is 49.3 Å². The lowest BCUT2D eigenvalue weighted by molar-refractivity contribution is 0.0909. The van der Waals surface area contributed by atoms with E-state index in [4.69, 9.17) is 11.6 Å². The minimum Gasteiger partial charge on any atom is -0.294 e. The molecule has 0 saturated carbocycles. The third-order valence-corrected chi connectivity index (χ3v) is 5.42. The van der Waals surface area contributed by atoms with Crippen molar-refractivity contribution < 1.29 is 4.79 Å². The van der Waals surface area contributed by atoms with E-state index in [0.717, 1.165) is 28.5 Å². The monoisotopic (exact) mass is 372 g/mol. The van der Waals surface area contributed by atoms with Crippen molar-refractivity contribution in [3.8, 4) is 0 Å². The largest absolute Gasteiger partial charge is 0.294 e. The summed E-state index contributed by atoms with van der Waals surface area (Å²) in [6.07, 6.45) is 3.10. The molecule has 0 fully saturated rings. The van der Waals surface area contributed by atoms with Crippen molar-refractivity contribution in [3.05, 3.63) is 52.3 Å².